The van der Waals surface area contributed by atoms with Gasteiger partial charge in [-0.25, -0.2) is 4.68 Å². The van der Waals surface area contributed by atoms with Gasteiger partial charge in [0.1, 0.15) is 5.82 Å². The van der Waals surface area contributed by atoms with Gasteiger partial charge < -0.3 is 5.32 Å². The number of amides is 1. The summed E-state index contributed by atoms with van der Waals surface area (Å²) >= 11 is 0. The number of nitrogens with one attached hydrogen (secondary N) is 1. The number of carbonyl (C=O) groups excluding carboxylic acids is 1. The highest BCUT2D eigenvalue weighted by Gasteiger charge is 2.12. The lowest BCUT2D eigenvalue weighted by molar-refractivity contribution is 0.102. The van der Waals surface area contributed by atoms with Crippen molar-refractivity contribution in [1.82, 2.24) is 9.78 Å². The zero-order valence-corrected chi connectivity index (χ0v) is 12.8. The summed E-state index contributed by atoms with van der Waals surface area (Å²) < 4.78 is 1.85. The van der Waals surface area contributed by atoms with Crippen LogP contribution in [0.4, 0.5) is 5.82 Å². The Labute approximate surface area is 129 Å². The molecule has 3 rings (SSSR count). The zero-order chi connectivity index (χ0) is 15.5. The first-order valence-electron chi connectivity index (χ1n) is 7.52. The van der Waals surface area contributed by atoms with Crippen molar-refractivity contribution in [2.24, 2.45) is 0 Å². The number of benzene rings is 2. The molecule has 4 nitrogen and oxygen atoms in total. The molecule has 0 saturated carbocycles. The third-order valence-electron chi connectivity index (χ3n) is 3.93. The van der Waals surface area contributed by atoms with E-state index in [9.17, 15) is 4.79 Å². The minimum Gasteiger partial charge on any atom is -0.307 e. The molecule has 4 heteroatoms. The molecule has 0 aliphatic heterocycles. The van der Waals surface area contributed by atoms with Crippen LogP contribution in [-0.2, 0) is 0 Å². The van der Waals surface area contributed by atoms with Crippen LogP contribution in [0.2, 0.25) is 0 Å². The van der Waals surface area contributed by atoms with Gasteiger partial charge in [0, 0.05) is 11.6 Å². The van der Waals surface area contributed by atoms with E-state index < -0.39 is 0 Å². The summed E-state index contributed by atoms with van der Waals surface area (Å²) in [5.41, 5.74) is 0.649. The number of aromatic nitrogens is 2. The van der Waals surface area contributed by atoms with Crippen molar-refractivity contribution in [3.8, 4) is 0 Å². The van der Waals surface area contributed by atoms with Crippen molar-refractivity contribution in [2.45, 2.75) is 26.3 Å². The maximum atomic E-state index is 12.5. The molecule has 1 heterocycles. The Balaban J connectivity index is 1.86. The van der Waals surface area contributed by atoms with E-state index in [4.69, 9.17) is 0 Å². The average molecular weight is 293 g/mol. The van der Waals surface area contributed by atoms with Crippen LogP contribution in [0.3, 0.4) is 0 Å². The van der Waals surface area contributed by atoms with Gasteiger partial charge in [-0.05, 0) is 36.2 Å². The molecule has 0 unspecified atom stereocenters. The van der Waals surface area contributed by atoms with Crippen LogP contribution in [0, 0.1) is 0 Å². The summed E-state index contributed by atoms with van der Waals surface area (Å²) in [5, 5.41) is 9.42. The third-order valence-corrected chi connectivity index (χ3v) is 3.93. The fraction of sp³-hybridized carbons (Fsp3) is 0.222. The molecule has 0 spiro atoms. The maximum Gasteiger partial charge on any atom is 0.256 e. The molecule has 1 amide bonds. The van der Waals surface area contributed by atoms with Crippen LogP contribution in [0.15, 0.2) is 54.7 Å². The summed E-state index contributed by atoms with van der Waals surface area (Å²) in [5.74, 6) is 0.614. The summed E-state index contributed by atoms with van der Waals surface area (Å²) in [6.07, 6.45) is 2.67. The molecule has 0 radical (unpaired) electrons. The Hall–Kier alpha value is -2.62. The Bertz CT molecular complexity index is 807. The van der Waals surface area contributed by atoms with E-state index in [1.807, 2.05) is 53.2 Å². The second kappa shape index (κ2) is 6.02. The lowest BCUT2D eigenvalue weighted by Gasteiger charge is -2.14. The molecule has 0 fully saturated rings. The Morgan fingerprint density at radius 3 is 2.73 bits per heavy atom. The fourth-order valence-corrected chi connectivity index (χ4v) is 2.46. The summed E-state index contributed by atoms with van der Waals surface area (Å²) in [7, 11) is 0. The number of rotatable bonds is 4. The number of hydrogen-bond acceptors (Lipinski definition) is 2. The number of carbonyl (C=O) groups is 1. The van der Waals surface area contributed by atoms with Crippen molar-refractivity contribution in [3.05, 3.63) is 60.3 Å². The molecule has 22 heavy (non-hydrogen) atoms. The van der Waals surface area contributed by atoms with Crippen molar-refractivity contribution < 1.29 is 4.79 Å². The topological polar surface area (TPSA) is 46.9 Å². The van der Waals surface area contributed by atoms with Crippen LogP contribution in [-0.4, -0.2) is 15.7 Å². The van der Waals surface area contributed by atoms with Crippen LogP contribution in [0.5, 0.6) is 0 Å². The van der Waals surface area contributed by atoms with Crippen LogP contribution in [0.1, 0.15) is 36.7 Å². The average Bonchev–Trinajstić information content (AvgIpc) is 3.01. The van der Waals surface area contributed by atoms with Crippen molar-refractivity contribution >= 4 is 22.5 Å². The third kappa shape index (κ3) is 2.72. The highest BCUT2D eigenvalue weighted by atomic mass is 16.1. The minimum absolute atomic E-state index is 0.115. The molecule has 0 bridgehead atoms. The van der Waals surface area contributed by atoms with Crippen molar-refractivity contribution in [3.63, 3.8) is 0 Å². The van der Waals surface area contributed by atoms with E-state index in [-0.39, 0.29) is 11.9 Å². The van der Waals surface area contributed by atoms with Gasteiger partial charge in [0.15, 0.2) is 0 Å². The number of nitrogens with zero attached hydrogens (tertiary/aromatic N) is 2. The van der Waals surface area contributed by atoms with Crippen LogP contribution >= 0.6 is 0 Å². The van der Waals surface area contributed by atoms with E-state index in [1.54, 1.807) is 6.20 Å². The second-order valence-electron chi connectivity index (χ2n) is 5.43. The Kier molecular flexibility index (Phi) is 3.92. The van der Waals surface area contributed by atoms with Crippen LogP contribution < -0.4 is 5.32 Å². The van der Waals surface area contributed by atoms with Gasteiger partial charge in [0.25, 0.3) is 5.91 Å². The zero-order valence-electron chi connectivity index (χ0n) is 12.8. The monoisotopic (exact) mass is 293 g/mol. The molecular formula is C18H19N3O. The number of fused-ring (bicyclic) bond motifs is 1. The molecule has 0 saturated heterocycles. The predicted molar refractivity (Wildman–Crippen MR) is 89.1 cm³/mol. The number of anilines is 1. The summed E-state index contributed by atoms with van der Waals surface area (Å²) in [6.45, 7) is 4.18. The molecule has 1 aromatic heterocycles. The second-order valence-corrected chi connectivity index (χ2v) is 5.43. The van der Waals surface area contributed by atoms with Gasteiger partial charge in [-0.3, -0.25) is 4.79 Å². The first-order valence-corrected chi connectivity index (χ1v) is 7.52. The van der Waals surface area contributed by atoms with Gasteiger partial charge in [-0.15, -0.1) is 0 Å². The van der Waals surface area contributed by atoms with E-state index in [2.05, 4.69) is 24.3 Å². The van der Waals surface area contributed by atoms with E-state index in [1.165, 1.54) is 0 Å². The predicted octanol–water partition coefficient (Wildman–Crippen LogP) is 4.26. The molecule has 1 N–H and O–H groups in total. The normalized spacial score (nSPS) is 12.3. The lowest BCUT2D eigenvalue weighted by Crippen LogP contribution is -2.17. The van der Waals surface area contributed by atoms with Gasteiger partial charge in [0.2, 0.25) is 0 Å². The maximum absolute atomic E-state index is 12.5. The Morgan fingerprint density at radius 1 is 1.18 bits per heavy atom. The quantitative estimate of drug-likeness (QED) is 0.781. The SMILES string of the molecule is CC[C@@H](C)n1nccc1NC(=O)c1ccc2ccccc2c1. The van der Waals surface area contributed by atoms with Gasteiger partial charge >= 0.3 is 0 Å². The summed E-state index contributed by atoms with van der Waals surface area (Å²) in [6, 6.07) is 15.8. The molecule has 3 aromatic rings. The first kappa shape index (κ1) is 14.3. The molecule has 112 valence electrons. The van der Waals surface area contributed by atoms with Crippen molar-refractivity contribution in [1.29, 1.82) is 0 Å². The van der Waals surface area contributed by atoms with Crippen molar-refractivity contribution in [2.75, 3.05) is 5.32 Å². The lowest BCUT2D eigenvalue weighted by atomic mass is 10.1. The van der Waals surface area contributed by atoms with Gasteiger partial charge in [-0.1, -0.05) is 37.3 Å². The molecule has 2 aromatic carbocycles. The van der Waals surface area contributed by atoms with Gasteiger partial charge in [-0.2, -0.15) is 5.10 Å². The number of hydrogen-bond donors (Lipinski definition) is 1. The minimum atomic E-state index is -0.115. The molecule has 1 atom stereocenters. The molecule has 0 aliphatic rings. The van der Waals surface area contributed by atoms with E-state index in [0.717, 1.165) is 23.0 Å². The standard InChI is InChI=1S/C18H19N3O/c1-3-13(2)21-17(10-11-19-21)20-18(22)16-9-8-14-6-4-5-7-15(14)12-16/h4-13H,3H2,1-2H3,(H,20,22)/t13-/m1/s1. The van der Waals surface area contributed by atoms with E-state index >= 15 is 0 Å². The largest absolute Gasteiger partial charge is 0.307 e. The first-order chi connectivity index (χ1) is 10.7. The van der Waals surface area contributed by atoms with Crippen LogP contribution in [0.25, 0.3) is 10.8 Å². The molecular weight excluding hydrogens is 274 g/mol. The Morgan fingerprint density at radius 2 is 1.95 bits per heavy atom. The summed E-state index contributed by atoms with van der Waals surface area (Å²) in [4.78, 5) is 12.5. The highest BCUT2D eigenvalue weighted by Crippen LogP contribution is 2.19. The van der Waals surface area contributed by atoms with Gasteiger partial charge in [0.05, 0.1) is 12.2 Å². The highest BCUT2D eigenvalue weighted by molar-refractivity contribution is 6.06. The molecule has 0 aliphatic carbocycles. The van der Waals surface area contributed by atoms with E-state index in [0.29, 0.717) is 5.56 Å². The smallest absolute Gasteiger partial charge is 0.256 e. The fourth-order valence-electron chi connectivity index (χ4n) is 2.46.